The first kappa shape index (κ1) is 19.8. The lowest BCUT2D eigenvalue weighted by Gasteiger charge is -2.19. The van der Waals surface area contributed by atoms with Crippen LogP contribution < -0.4 is 15.2 Å². The van der Waals surface area contributed by atoms with Gasteiger partial charge in [-0.15, -0.1) is 11.8 Å². The number of anilines is 1. The third-order valence-corrected chi connectivity index (χ3v) is 5.78. The van der Waals surface area contributed by atoms with E-state index in [1.54, 1.807) is 26.0 Å². The van der Waals surface area contributed by atoms with Crippen LogP contribution in [0.15, 0.2) is 77.7 Å². The van der Waals surface area contributed by atoms with Gasteiger partial charge < -0.3 is 15.2 Å². The molecule has 0 unspecified atom stereocenters. The van der Waals surface area contributed by atoms with E-state index in [-0.39, 0.29) is 11.0 Å². The predicted molar refractivity (Wildman–Crippen MR) is 114 cm³/mol. The minimum absolute atomic E-state index is 0.0855. The van der Waals surface area contributed by atoms with E-state index in [2.05, 4.69) is 0 Å². The first-order valence-electron chi connectivity index (χ1n) is 8.93. The largest absolute Gasteiger partial charge is 0.493 e. The van der Waals surface area contributed by atoms with Crippen LogP contribution in [0.3, 0.4) is 0 Å². The Labute approximate surface area is 169 Å². The molecule has 0 saturated heterocycles. The highest BCUT2D eigenvalue weighted by Gasteiger charge is 2.21. The van der Waals surface area contributed by atoms with Gasteiger partial charge in [0, 0.05) is 27.8 Å². The molecule has 0 aromatic heterocycles. The van der Waals surface area contributed by atoms with Crippen molar-refractivity contribution < 1.29 is 14.3 Å². The summed E-state index contributed by atoms with van der Waals surface area (Å²) in [5.74, 6) is 1.38. The molecule has 28 heavy (non-hydrogen) atoms. The second-order valence-electron chi connectivity index (χ2n) is 6.25. The zero-order valence-corrected chi connectivity index (χ0v) is 16.7. The van der Waals surface area contributed by atoms with Gasteiger partial charge >= 0.3 is 0 Å². The molecule has 0 saturated carbocycles. The van der Waals surface area contributed by atoms with Crippen molar-refractivity contribution in [1.29, 1.82) is 0 Å². The Morgan fingerprint density at radius 1 is 0.929 bits per heavy atom. The van der Waals surface area contributed by atoms with Gasteiger partial charge in [-0.2, -0.15) is 0 Å². The fourth-order valence-electron chi connectivity index (χ4n) is 2.93. The van der Waals surface area contributed by atoms with E-state index < -0.39 is 0 Å². The minimum atomic E-state index is -0.114. The van der Waals surface area contributed by atoms with Crippen LogP contribution in [0.5, 0.6) is 11.5 Å². The fourth-order valence-corrected chi connectivity index (χ4v) is 4.12. The maximum Gasteiger partial charge on any atom is 0.164 e. The van der Waals surface area contributed by atoms with Gasteiger partial charge in [0.15, 0.2) is 17.3 Å². The molecule has 0 aliphatic heterocycles. The van der Waals surface area contributed by atoms with Gasteiger partial charge in [0.05, 0.1) is 14.2 Å². The van der Waals surface area contributed by atoms with Gasteiger partial charge in [-0.1, -0.05) is 48.5 Å². The quantitative estimate of drug-likeness (QED) is 0.316. The average molecular weight is 394 g/mol. The molecule has 144 valence electrons. The molecular weight excluding hydrogens is 370 g/mol. The van der Waals surface area contributed by atoms with E-state index >= 15 is 0 Å². The number of carbonyl (C=O) groups excluding carboxylic acids is 1. The first-order chi connectivity index (χ1) is 13.6. The number of ketones is 1. The van der Waals surface area contributed by atoms with Crippen molar-refractivity contribution in [3.8, 4) is 11.5 Å². The Kier molecular flexibility index (Phi) is 6.61. The number of carbonyl (C=O) groups is 1. The Hall–Kier alpha value is -2.92. The number of Topliss-reactive ketones (excluding diaryl/α,β-unsaturated/α-hetero) is 1. The molecule has 3 aromatic carbocycles. The molecule has 1 atom stereocenters. The summed E-state index contributed by atoms with van der Waals surface area (Å²) in [5.41, 5.74) is 8.52. The van der Waals surface area contributed by atoms with Gasteiger partial charge in [-0.3, -0.25) is 4.79 Å². The number of methoxy groups -OCH3 is 2. The molecule has 3 rings (SSSR count). The van der Waals surface area contributed by atoms with E-state index in [1.807, 2.05) is 72.8 Å². The number of hydrogen-bond donors (Lipinski definition) is 1. The molecule has 5 heteroatoms. The Morgan fingerprint density at radius 3 is 2.29 bits per heavy atom. The highest BCUT2D eigenvalue weighted by atomic mass is 32.2. The first-order valence-corrected chi connectivity index (χ1v) is 9.81. The van der Waals surface area contributed by atoms with Crippen molar-refractivity contribution in [2.24, 2.45) is 0 Å². The molecule has 0 amide bonds. The van der Waals surface area contributed by atoms with E-state index in [0.29, 0.717) is 29.2 Å². The molecule has 3 aromatic rings. The predicted octanol–water partition coefficient (Wildman–Crippen LogP) is 5.39. The summed E-state index contributed by atoms with van der Waals surface area (Å²) in [7, 11) is 3.21. The molecule has 0 radical (unpaired) electrons. The molecule has 0 heterocycles. The van der Waals surface area contributed by atoms with Crippen molar-refractivity contribution in [2.75, 3.05) is 20.0 Å². The summed E-state index contributed by atoms with van der Waals surface area (Å²) in [6.45, 7) is 0. The standard InChI is InChI=1S/C23H23NO3S/c1-26-20-13-12-17(14-21(20)27-2)23(28-22-11-7-6-10-18(22)24)15-19(25)16-8-4-3-5-9-16/h3-14,23H,15,24H2,1-2H3/t23-/m0/s1. The smallest absolute Gasteiger partial charge is 0.164 e. The Bertz CT molecular complexity index is 944. The topological polar surface area (TPSA) is 61.5 Å². The zero-order valence-electron chi connectivity index (χ0n) is 15.9. The number of rotatable bonds is 8. The van der Waals surface area contributed by atoms with Gasteiger partial charge in [0.25, 0.3) is 0 Å². The monoisotopic (exact) mass is 393 g/mol. The zero-order chi connectivity index (χ0) is 19.9. The second kappa shape index (κ2) is 9.33. The molecule has 0 spiro atoms. The van der Waals surface area contributed by atoms with Crippen LogP contribution in [-0.2, 0) is 0 Å². The number of nitrogens with two attached hydrogens (primary N) is 1. The minimum Gasteiger partial charge on any atom is -0.493 e. The third kappa shape index (κ3) is 4.67. The number of nitrogen functional groups attached to an aromatic ring is 1. The molecule has 0 aliphatic carbocycles. The van der Waals surface area contributed by atoms with Crippen LogP contribution in [-0.4, -0.2) is 20.0 Å². The van der Waals surface area contributed by atoms with E-state index in [4.69, 9.17) is 15.2 Å². The van der Waals surface area contributed by atoms with Crippen molar-refractivity contribution in [1.82, 2.24) is 0 Å². The van der Waals surface area contributed by atoms with Crippen LogP contribution in [0.25, 0.3) is 0 Å². The summed E-state index contributed by atoms with van der Waals surface area (Å²) in [4.78, 5) is 13.8. The van der Waals surface area contributed by atoms with E-state index in [1.165, 1.54) is 0 Å². The molecule has 0 fully saturated rings. The van der Waals surface area contributed by atoms with Crippen molar-refractivity contribution in [3.05, 3.63) is 83.9 Å². The molecular formula is C23H23NO3S. The van der Waals surface area contributed by atoms with Crippen LogP contribution in [0.1, 0.15) is 27.6 Å². The maximum atomic E-state index is 12.9. The van der Waals surface area contributed by atoms with Gasteiger partial charge in [0.1, 0.15) is 0 Å². The SMILES string of the molecule is COc1ccc([C@H](CC(=O)c2ccccc2)Sc2ccccc2N)cc1OC. The lowest BCUT2D eigenvalue weighted by molar-refractivity contribution is 0.0982. The molecule has 0 bridgehead atoms. The highest BCUT2D eigenvalue weighted by Crippen LogP contribution is 2.43. The normalized spacial score (nSPS) is 11.6. The van der Waals surface area contributed by atoms with Gasteiger partial charge in [-0.25, -0.2) is 0 Å². The summed E-state index contributed by atoms with van der Waals surface area (Å²) in [5, 5.41) is -0.114. The van der Waals surface area contributed by atoms with Crippen molar-refractivity contribution >= 4 is 23.2 Å². The number of para-hydroxylation sites is 1. The van der Waals surface area contributed by atoms with E-state index in [9.17, 15) is 4.79 Å². The van der Waals surface area contributed by atoms with Crippen LogP contribution in [0.2, 0.25) is 0 Å². The number of hydrogen-bond acceptors (Lipinski definition) is 5. The Morgan fingerprint density at radius 2 is 1.61 bits per heavy atom. The van der Waals surface area contributed by atoms with Crippen LogP contribution >= 0.6 is 11.8 Å². The second-order valence-corrected chi connectivity index (χ2v) is 7.50. The molecule has 4 nitrogen and oxygen atoms in total. The van der Waals surface area contributed by atoms with Crippen molar-refractivity contribution in [2.45, 2.75) is 16.6 Å². The van der Waals surface area contributed by atoms with E-state index in [0.717, 1.165) is 10.5 Å². The number of benzene rings is 3. The summed E-state index contributed by atoms with van der Waals surface area (Å²) in [6.07, 6.45) is 0.346. The van der Waals surface area contributed by atoms with Crippen LogP contribution in [0.4, 0.5) is 5.69 Å². The molecule has 0 aliphatic rings. The highest BCUT2D eigenvalue weighted by molar-refractivity contribution is 7.99. The third-order valence-electron chi connectivity index (χ3n) is 4.43. The van der Waals surface area contributed by atoms with Crippen LogP contribution in [0, 0.1) is 0 Å². The number of thioether (sulfide) groups is 1. The lowest BCUT2D eigenvalue weighted by Crippen LogP contribution is -2.06. The number of ether oxygens (including phenoxy) is 2. The maximum absolute atomic E-state index is 12.9. The lowest BCUT2D eigenvalue weighted by atomic mass is 10.0. The molecule has 2 N–H and O–H groups in total. The fraction of sp³-hybridized carbons (Fsp3) is 0.174. The van der Waals surface area contributed by atoms with Gasteiger partial charge in [0.2, 0.25) is 0 Å². The summed E-state index contributed by atoms with van der Waals surface area (Å²) in [6, 6.07) is 22.8. The summed E-state index contributed by atoms with van der Waals surface area (Å²) >= 11 is 1.58. The van der Waals surface area contributed by atoms with Gasteiger partial charge in [-0.05, 0) is 29.8 Å². The summed E-state index contributed by atoms with van der Waals surface area (Å²) < 4.78 is 10.8. The van der Waals surface area contributed by atoms with Crippen molar-refractivity contribution in [3.63, 3.8) is 0 Å². The Balaban J connectivity index is 1.94. The average Bonchev–Trinajstić information content (AvgIpc) is 2.74.